The smallest absolute Gasteiger partial charge is 0.161 e. The van der Waals surface area contributed by atoms with Crippen LogP contribution in [0.3, 0.4) is 0 Å². The summed E-state index contributed by atoms with van der Waals surface area (Å²) in [4.78, 5) is 0. The molecule has 2 N–H and O–H groups in total. The van der Waals surface area contributed by atoms with Gasteiger partial charge in [-0.1, -0.05) is 32.8 Å². The molecule has 0 spiro atoms. The number of aliphatic hydroxyl groups is 1. The molecule has 1 aromatic carbocycles. The molecule has 0 bridgehead atoms. The Morgan fingerprint density at radius 1 is 1.23 bits per heavy atom. The van der Waals surface area contributed by atoms with Crippen molar-refractivity contribution in [1.29, 1.82) is 0 Å². The predicted molar refractivity (Wildman–Crippen MR) is 88.5 cm³/mol. The van der Waals surface area contributed by atoms with Gasteiger partial charge in [-0.15, -0.1) is 0 Å². The lowest BCUT2D eigenvalue weighted by atomic mass is 10.0. The lowest BCUT2D eigenvalue weighted by Crippen LogP contribution is -2.37. The third-order valence-corrected chi connectivity index (χ3v) is 4.12. The number of ether oxygens (including phenoxy) is 2. The van der Waals surface area contributed by atoms with Gasteiger partial charge in [-0.05, 0) is 36.5 Å². The first kappa shape index (κ1) is 17.1. The predicted octanol–water partition coefficient (Wildman–Crippen LogP) is 3.12. The van der Waals surface area contributed by atoms with Crippen LogP contribution in [-0.2, 0) is 6.54 Å². The third-order valence-electron chi connectivity index (χ3n) is 4.12. The van der Waals surface area contributed by atoms with Crippen molar-refractivity contribution in [1.82, 2.24) is 5.32 Å². The fourth-order valence-corrected chi connectivity index (χ4v) is 2.85. The average Bonchev–Trinajstić information content (AvgIpc) is 2.92. The molecule has 1 aromatic rings. The zero-order chi connectivity index (χ0) is 16.0. The van der Waals surface area contributed by atoms with Gasteiger partial charge in [0.05, 0.1) is 19.3 Å². The van der Waals surface area contributed by atoms with E-state index in [0.717, 1.165) is 49.3 Å². The molecule has 1 aliphatic rings. The lowest BCUT2D eigenvalue weighted by Gasteiger charge is -2.22. The highest BCUT2D eigenvalue weighted by molar-refractivity contribution is 5.43. The average molecular weight is 307 g/mol. The molecule has 22 heavy (non-hydrogen) atoms. The monoisotopic (exact) mass is 307 g/mol. The third kappa shape index (κ3) is 4.89. The Morgan fingerprint density at radius 2 is 1.95 bits per heavy atom. The van der Waals surface area contributed by atoms with Gasteiger partial charge in [0.25, 0.3) is 0 Å². The molecular weight excluding hydrogens is 278 g/mol. The molecule has 0 heterocycles. The maximum atomic E-state index is 10.3. The quantitative estimate of drug-likeness (QED) is 0.775. The first-order chi connectivity index (χ1) is 10.5. The van der Waals surface area contributed by atoms with Crippen molar-refractivity contribution in [2.45, 2.75) is 51.7 Å². The van der Waals surface area contributed by atoms with Gasteiger partial charge in [0.15, 0.2) is 11.5 Å². The van der Waals surface area contributed by atoms with Crippen LogP contribution in [-0.4, -0.2) is 31.0 Å². The molecule has 1 saturated carbocycles. The lowest BCUT2D eigenvalue weighted by molar-refractivity contribution is 0.0475. The minimum atomic E-state index is -0.510. The number of rotatable bonds is 8. The van der Waals surface area contributed by atoms with Crippen LogP contribution >= 0.6 is 0 Å². The summed E-state index contributed by atoms with van der Waals surface area (Å²) < 4.78 is 11.2. The summed E-state index contributed by atoms with van der Waals surface area (Å²) in [6.07, 6.45) is 4.08. The molecule has 0 radical (unpaired) electrons. The van der Waals surface area contributed by atoms with Crippen molar-refractivity contribution in [3.05, 3.63) is 23.8 Å². The van der Waals surface area contributed by atoms with Crippen molar-refractivity contribution in [2.75, 3.05) is 20.3 Å². The molecule has 1 aliphatic carbocycles. The Bertz CT molecular complexity index is 467. The van der Waals surface area contributed by atoms with E-state index in [4.69, 9.17) is 9.47 Å². The van der Waals surface area contributed by atoms with Crippen molar-refractivity contribution < 1.29 is 14.6 Å². The number of methoxy groups -OCH3 is 1. The first-order valence-corrected chi connectivity index (χ1v) is 8.25. The summed E-state index contributed by atoms with van der Waals surface area (Å²) >= 11 is 0. The van der Waals surface area contributed by atoms with Gasteiger partial charge in [-0.3, -0.25) is 0 Å². The Labute approximate surface area is 133 Å². The van der Waals surface area contributed by atoms with E-state index >= 15 is 0 Å². The van der Waals surface area contributed by atoms with E-state index in [1.54, 1.807) is 7.11 Å². The van der Waals surface area contributed by atoms with Gasteiger partial charge in [-0.2, -0.15) is 0 Å². The SMILES string of the molecule is COc1ccc(CNCC2(O)CCCC2)cc1OCC(C)C. The molecule has 4 nitrogen and oxygen atoms in total. The van der Waals surface area contributed by atoms with Crippen LogP contribution < -0.4 is 14.8 Å². The first-order valence-electron chi connectivity index (χ1n) is 8.25. The molecule has 0 amide bonds. The Hall–Kier alpha value is -1.26. The number of nitrogens with one attached hydrogen (secondary N) is 1. The summed E-state index contributed by atoms with van der Waals surface area (Å²) in [6, 6.07) is 6.00. The van der Waals surface area contributed by atoms with Crippen LogP contribution in [0.4, 0.5) is 0 Å². The normalized spacial score (nSPS) is 17.0. The van der Waals surface area contributed by atoms with Crippen LogP contribution in [0.2, 0.25) is 0 Å². The van der Waals surface area contributed by atoms with E-state index in [0.29, 0.717) is 19.1 Å². The fraction of sp³-hybridized carbons (Fsp3) is 0.667. The molecule has 0 atom stereocenters. The highest BCUT2D eigenvalue weighted by Crippen LogP contribution is 2.30. The number of hydrogen-bond donors (Lipinski definition) is 2. The largest absolute Gasteiger partial charge is 0.493 e. The Balaban J connectivity index is 1.91. The van der Waals surface area contributed by atoms with Gasteiger partial charge in [0.1, 0.15) is 0 Å². The summed E-state index contributed by atoms with van der Waals surface area (Å²) in [5, 5.41) is 13.7. The van der Waals surface area contributed by atoms with Crippen molar-refractivity contribution in [2.24, 2.45) is 5.92 Å². The summed E-state index contributed by atoms with van der Waals surface area (Å²) in [7, 11) is 1.66. The van der Waals surface area contributed by atoms with Crippen LogP contribution in [0.5, 0.6) is 11.5 Å². The molecule has 0 unspecified atom stereocenters. The molecule has 124 valence electrons. The van der Waals surface area contributed by atoms with Gasteiger partial charge in [0, 0.05) is 13.1 Å². The minimum Gasteiger partial charge on any atom is -0.493 e. The molecule has 0 saturated heterocycles. The standard InChI is InChI=1S/C18H29NO3/c1-14(2)12-22-17-10-15(6-7-16(17)21-3)11-19-13-18(20)8-4-5-9-18/h6-7,10,14,19-20H,4-5,8-9,11-13H2,1-3H3. The Morgan fingerprint density at radius 3 is 2.59 bits per heavy atom. The van der Waals surface area contributed by atoms with E-state index in [1.165, 1.54) is 0 Å². The maximum Gasteiger partial charge on any atom is 0.161 e. The van der Waals surface area contributed by atoms with E-state index in [-0.39, 0.29) is 0 Å². The van der Waals surface area contributed by atoms with E-state index in [9.17, 15) is 5.11 Å². The zero-order valence-electron chi connectivity index (χ0n) is 14.0. The second-order valence-electron chi connectivity index (χ2n) is 6.73. The Kier molecular flexibility index (Phi) is 6.09. The highest BCUT2D eigenvalue weighted by atomic mass is 16.5. The number of hydrogen-bond acceptors (Lipinski definition) is 4. The van der Waals surface area contributed by atoms with Gasteiger partial charge in [0.2, 0.25) is 0 Å². The maximum absolute atomic E-state index is 10.3. The number of benzene rings is 1. The van der Waals surface area contributed by atoms with E-state index in [2.05, 4.69) is 19.2 Å². The second kappa shape index (κ2) is 7.84. The van der Waals surface area contributed by atoms with Gasteiger partial charge in [-0.25, -0.2) is 0 Å². The second-order valence-corrected chi connectivity index (χ2v) is 6.73. The molecular formula is C18H29NO3. The highest BCUT2D eigenvalue weighted by Gasteiger charge is 2.30. The van der Waals surface area contributed by atoms with Gasteiger partial charge >= 0.3 is 0 Å². The molecule has 2 rings (SSSR count). The minimum absolute atomic E-state index is 0.475. The summed E-state index contributed by atoms with van der Waals surface area (Å²) in [6.45, 7) is 6.30. The van der Waals surface area contributed by atoms with E-state index < -0.39 is 5.60 Å². The van der Waals surface area contributed by atoms with Crippen LogP contribution in [0.25, 0.3) is 0 Å². The van der Waals surface area contributed by atoms with Crippen LogP contribution in [0.1, 0.15) is 45.1 Å². The molecule has 4 heteroatoms. The van der Waals surface area contributed by atoms with Crippen molar-refractivity contribution in [3.63, 3.8) is 0 Å². The van der Waals surface area contributed by atoms with Gasteiger partial charge < -0.3 is 19.9 Å². The van der Waals surface area contributed by atoms with Crippen molar-refractivity contribution in [3.8, 4) is 11.5 Å². The topological polar surface area (TPSA) is 50.7 Å². The summed E-state index contributed by atoms with van der Waals surface area (Å²) in [5.74, 6) is 2.03. The molecule has 0 aliphatic heterocycles. The zero-order valence-corrected chi connectivity index (χ0v) is 14.0. The summed E-state index contributed by atoms with van der Waals surface area (Å²) in [5.41, 5.74) is 0.629. The molecule has 1 fully saturated rings. The molecule has 0 aromatic heterocycles. The fourth-order valence-electron chi connectivity index (χ4n) is 2.85. The van der Waals surface area contributed by atoms with Crippen LogP contribution in [0, 0.1) is 5.92 Å². The van der Waals surface area contributed by atoms with E-state index in [1.807, 2.05) is 18.2 Å². The van der Waals surface area contributed by atoms with Crippen molar-refractivity contribution >= 4 is 0 Å². The van der Waals surface area contributed by atoms with Crippen LogP contribution in [0.15, 0.2) is 18.2 Å².